The molecule has 8 heteroatoms. The molecule has 1 aromatic heterocycles. The molecule has 0 aliphatic heterocycles. The number of benzene rings is 1. The van der Waals surface area contributed by atoms with E-state index in [1.807, 2.05) is 0 Å². The van der Waals surface area contributed by atoms with Crippen molar-refractivity contribution in [1.29, 1.82) is 0 Å². The molecule has 1 unspecified atom stereocenters. The highest BCUT2D eigenvalue weighted by atomic mass is 32.2. The number of rotatable bonds is 5. The van der Waals surface area contributed by atoms with Crippen LogP contribution in [0.3, 0.4) is 0 Å². The molecule has 0 saturated carbocycles. The lowest BCUT2D eigenvalue weighted by Gasteiger charge is -2.14. The average Bonchev–Trinajstić information content (AvgIpc) is 2.89. The summed E-state index contributed by atoms with van der Waals surface area (Å²) in [6.45, 7) is 1.52. The van der Waals surface area contributed by atoms with Crippen molar-refractivity contribution in [2.45, 2.75) is 17.2 Å². The Bertz CT molecular complexity index is 770. The minimum absolute atomic E-state index is 0.0982. The molecule has 112 valence electrons. The lowest BCUT2D eigenvalue weighted by molar-refractivity contribution is 0.0697. The van der Waals surface area contributed by atoms with Gasteiger partial charge in [-0.25, -0.2) is 22.3 Å². The topological polar surface area (TPSA) is 83.5 Å². The van der Waals surface area contributed by atoms with E-state index in [0.29, 0.717) is 0 Å². The Kier molecular flexibility index (Phi) is 4.40. The number of halogens is 1. The Morgan fingerprint density at radius 2 is 2.05 bits per heavy atom. The van der Waals surface area contributed by atoms with Gasteiger partial charge in [0.1, 0.15) is 10.0 Å². The highest BCUT2D eigenvalue weighted by Gasteiger charge is 2.22. The molecule has 2 aromatic rings. The zero-order valence-corrected chi connectivity index (χ0v) is 12.5. The standard InChI is InChI=1S/C13H12FNO4S2/c1-8(10-4-2-3-5-11(10)14)15-21(18,19)12-6-9(7-20-12)13(16)17/h2-8,15H,1H3,(H,16,17). The number of carboxylic acids is 1. The average molecular weight is 329 g/mol. The lowest BCUT2D eigenvalue weighted by Crippen LogP contribution is -2.26. The summed E-state index contributed by atoms with van der Waals surface area (Å²) in [5, 5.41) is 10.0. The van der Waals surface area contributed by atoms with Gasteiger partial charge in [0.15, 0.2) is 0 Å². The van der Waals surface area contributed by atoms with E-state index < -0.39 is 27.9 Å². The fraction of sp³-hybridized carbons (Fsp3) is 0.154. The van der Waals surface area contributed by atoms with Gasteiger partial charge in [0, 0.05) is 17.0 Å². The lowest BCUT2D eigenvalue weighted by atomic mass is 10.1. The van der Waals surface area contributed by atoms with Gasteiger partial charge < -0.3 is 5.11 Å². The number of carboxylic acid groups (broad SMARTS) is 1. The van der Waals surface area contributed by atoms with Gasteiger partial charge >= 0.3 is 5.97 Å². The Morgan fingerprint density at radius 1 is 1.38 bits per heavy atom. The van der Waals surface area contributed by atoms with Crippen LogP contribution in [0.25, 0.3) is 0 Å². The molecule has 1 heterocycles. The summed E-state index contributed by atoms with van der Waals surface area (Å²) in [5.74, 6) is -1.71. The number of sulfonamides is 1. The number of nitrogens with one attached hydrogen (secondary N) is 1. The van der Waals surface area contributed by atoms with Crippen LogP contribution in [0.4, 0.5) is 4.39 Å². The molecule has 1 aromatic carbocycles. The maximum Gasteiger partial charge on any atom is 0.336 e. The molecule has 1 atom stereocenters. The first-order valence-electron chi connectivity index (χ1n) is 5.90. The van der Waals surface area contributed by atoms with Gasteiger partial charge in [-0.2, -0.15) is 0 Å². The summed E-state index contributed by atoms with van der Waals surface area (Å²) in [7, 11) is -3.90. The number of aromatic carboxylic acids is 1. The van der Waals surface area contributed by atoms with Crippen LogP contribution >= 0.6 is 11.3 Å². The molecule has 0 aliphatic rings. The molecule has 2 rings (SSSR count). The third kappa shape index (κ3) is 3.46. The van der Waals surface area contributed by atoms with Crippen LogP contribution in [-0.4, -0.2) is 19.5 Å². The van der Waals surface area contributed by atoms with Crippen molar-refractivity contribution in [2.24, 2.45) is 0 Å². The highest BCUT2D eigenvalue weighted by molar-refractivity contribution is 7.91. The van der Waals surface area contributed by atoms with Crippen molar-refractivity contribution < 1.29 is 22.7 Å². The van der Waals surface area contributed by atoms with Crippen LogP contribution in [0.1, 0.15) is 28.9 Å². The third-order valence-corrected chi connectivity index (χ3v) is 5.77. The summed E-state index contributed by atoms with van der Waals surface area (Å²) in [6.07, 6.45) is 0. The van der Waals surface area contributed by atoms with Crippen LogP contribution < -0.4 is 4.72 Å². The summed E-state index contributed by atoms with van der Waals surface area (Å²) in [6, 6.07) is 6.15. The summed E-state index contributed by atoms with van der Waals surface area (Å²) in [4.78, 5) is 10.8. The van der Waals surface area contributed by atoms with E-state index >= 15 is 0 Å². The van der Waals surface area contributed by atoms with Crippen molar-refractivity contribution in [1.82, 2.24) is 4.72 Å². The number of hydrogen-bond donors (Lipinski definition) is 2. The molecule has 0 saturated heterocycles. The van der Waals surface area contributed by atoms with Crippen molar-refractivity contribution in [3.8, 4) is 0 Å². The van der Waals surface area contributed by atoms with Gasteiger partial charge in [-0.3, -0.25) is 0 Å². The SMILES string of the molecule is CC(NS(=O)(=O)c1cc(C(=O)O)cs1)c1ccccc1F. The maximum atomic E-state index is 13.6. The Morgan fingerprint density at radius 3 is 2.62 bits per heavy atom. The van der Waals surface area contributed by atoms with Crippen LogP contribution in [0, 0.1) is 5.82 Å². The zero-order chi connectivity index (χ0) is 15.6. The first kappa shape index (κ1) is 15.6. The quantitative estimate of drug-likeness (QED) is 0.883. The normalized spacial score (nSPS) is 13.0. The second kappa shape index (κ2) is 5.92. The Labute approximate surface area is 125 Å². The fourth-order valence-corrected chi connectivity index (χ4v) is 4.14. The molecule has 0 aliphatic carbocycles. The van der Waals surface area contributed by atoms with E-state index in [4.69, 9.17) is 5.11 Å². The number of carbonyl (C=O) groups is 1. The van der Waals surface area contributed by atoms with Crippen molar-refractivity contribution >= 4 is 27.3 Å². The molecule has 0 bridgehead atoms. The summed E-state index contributed by atoms with van der Waals surface area (Å²) >= 11 is 0.801. The summed E-state index contributed by atoms with van der Waals surface area (Å²) < 4.78 is 40.1. The second-order valence-corrected chi connectivity index (χ2v) is 7.18. The van der Waals surface area contributed by atoms with Gasteiger partial charge in [0.25, 0.3) is 10.0 Å². The van der Waals surface area contributed by atoms with Gasteiger partial charge in [-0.1, -0.05) is 18.2 Å². The van der Waals surface area contributed by atoms with Crippen molar-refractivity contribution in [3.63, 3.8) is 0 Å². The predicted molar refractivity (Wildman–Crippen MR) is 76.4 cm³/mol. The van der Waals surface area contributed by atoms with Gasteiger partial charge in [0.2, 0.25) is 0 Å². The highest BCUT2D eigenvalue weighted by Crippen LogP contribution is 2.23. The van der Waals surface area contributed by atoms with E-state index in [1.165, 1.54) is 30.5 Å². The van der Waals surface area contributed by atoms with Crippen molar-refractivity contribution in [2.75, 3.05) is 0 Å². The molecular formula is C13H12FNO4S2. The molecular weight excluding hydrogens is 317 g/mol. The maximum absolute atomic E-state index is 13.6. The fourth-order valence-electron chi connectivity index (χ4n) is 1.75. The smallest absolute Gasteiger partial charge is 0.336 e. The Hall–Kier alpha value is -1.77. The molecule has 5 nitrogen and oxygen atoms in total. The molecule has 2 N–H and O–H groups in total. The predicted octanol–water partition coefficient (Wildman–Crippen LogP) is 2.62. The minimum atomic E-state index is -3.90. The zero-order valence-electron chi connectivity index (χ0n) is 10.9. The molecule has 0 amide bonds. The first-order valence-corrected chi connectivity index (χ1v) is 8.26. The molecule has 0 radical (unpaired) electrons. The van der Waals surface area contributed by atoms with Crippen molar-refractivity contribution in [3.05, 3.63) is 52.7 Å². The van der Waals surface area contributed by atoms with E-state index in [2.05, 4.69) is 4.72 Å². The Balaban J connectivity index is 2.24. The van der Waals surface area contributed by atoms with E-state index in [1.54, 1.807) is 6.07 Å². The van der Waals surface area contributed by atoms with Crippen LogP contribution in [-0.2, 0) is 10.0 Å². The van der Waals surface area contributed by atoms with E-state index in [0.717, 1.165) is 17.4 Å². The van der Waals surface area contributed by atoms with E-state index in [-0.39, 0.29) is 15.3 Å². The summed E-state index contributed by atoms with van der Waals surface area (Å²) in [5.41, 5.74) is 0.120. The van der Waals surface area contributed by atoms with Crippen LogP contribution in [0.5, 0.6) is 0 Å². The van der Waals surface area contributed by atoms with Gasteiger partial charge in [-0.15, -0.1) is 11.3 Å². The first-order chi connectivity index (χ1) is 9.81. The van der Waals surface area contributed by atoms with Gasteiger partial charge in [0.05, 0.1) is 5.56 Å². The monoisotopic (exact) mass is 329 g/mol. The van der Waals surface area contributed by atoms with Crippen LogP contribution in [0.15, 0.2) is 39.9 Å². The molecule has 21 heavy (non-hydrogen) atoms. The molecule has 0 fully saturated rings. The largest absolute Gasteiger partial charge is 0.478 e. The number of hydrogen-bond acceptors (Lipinski definition) is 4. The second-order valence-electron chi connectivity index (χ2n) is 4.32. The van der Waals surface area contributed by atoms with E-state index in [9.17, 15) is 17.6 Å². The molecule has 0 spiro atoms. The van der Waals surface area contributed by atoms with Crippen LogP contribution in [0.2, 0.25) is 0 Å². The van der Waals surface area contributed by atoms with Gasteiger partial charge in [-0.05, 0) is 19.1 Å². The minimum Gasteiger partial charge on any atom is -0.478 e. The number of thiophene rings is 1. The third-order valence-electron chi connectivity index (χ3n) is 2.79.